The molecule has 3 nitrogen and oxygen atoms in total. The number of hydrogen-bond donors (Lipinski definition) is 1. The summed E-state index contributed by atoms with van der Waals surface area (Å²) in [7, 11) is 0. The maximum Gasteiger partial charge on any atom is 0.208 e. The minimum atomic E-state index is -0.225. The monoisotopic (exact) mass is 331 g/mol. The zero-order chi connectivity index (χ0) is 17.2. The van der Waals surface area contributed by atoms with E-state index in [9.17, 15) is 4.39 Å². The van der Waals surface area contributed by atoms with Gasteiger partial charge in [-0.2, -0.15) is 0 Å². The molecule has 0 bridgehead atoms. The van der Waals surface area contributed by atoms with Crippen LogP contribution in [-0.2, 0) is 6.54 Å². The summed E-state index contributed by atoms with van der Waals surface area (Å²) in [5.41, 5.74) is 5.18. The number of benzene rings is 3. The van der Waals surface area contributed by atoms with Gasteiger partial charge in [0, 0.05) is 5.69 Å². The molecule has 4 rings (SSSR count). The lowest BCUT2D eigenvalue weighted by atomic mass is 10.2. The quantitative estimate of drug-likeness (QED) is 0.552. The molecule has 0 spiro atoms. The first-order chi connectivity index (χ1) is 12.2. The molecule has 0 saturated heterocycles. The van der Waals surface area contributed by atoms with Crippen molar-refractivity contribution in [2.24, 2.45) is 0 Å². The van der Waals surface area contributed by atoms with Gasteiger partial charge in [-0.15, -0.1) is 0 Å². The Hall–Kier alpha value is -3.14. The van der Waals surface area contributed by atoms with Crippen molar-refractivity contribution in [2.45, 2.75) is 13.5 Å². The van der Waals surface area contributed by atoms with E-state index in [1.54, 1.807) is 12.1 Å². The highest BCUT2D eigenvalue weighted by atomic mass is 19.1. The first-order valence-corrected chi connectivity index (χ1v) is 8.22. The molecule has 0 amide bonds. The van der Waals surface area contributed by atoms with E-state index in [-0.39, 0.29) is 5.82 Å². The fraction of sp³-hybridized carbons (Fsp3) is 0.0952. The van der Waals surface area contributed by atoms with E-state index in [1.807, 2.05) is 36.4 Å². The summed E-state index contributed by atoms with van der Waals surface area (Å²) in [4.78, 5) is 4.73. The molecule has 3 aromatic carbocycles. The molecule has 0 radical (unpaired) electrons. The molecule has 0 saturated carbocycles. The Morgan fingerprint density at radius 2 is 1.76 bits per heavy atom. The normalized spacial score (nSPS) is 11.0. The van der Waals surface area contributed by atoms with Gasteiger partial charge in [-0.05, 0) is 54.4 Å². The fourth-order valence-corrected chi connectivity index (χ4v) is 2.96. The fourth-order valence-electron chi connectivity index (χ4n) is 2.96. The lowest BCUT2D eigenvalue weighted by molar-refractivity contribution is 0.626. The van der Waals surface area contributed by atoms with Gasteiger partial charge < -0.3 is 9.88 Å². The smallest absolute Gasteiger partial charge is 0.208 e. The van der Waals surface area contributed by atoms with Crippen molar-refractivity contribution in [1.29, 1.82) is 0 Å². The molecule has 0 aliphatic heterocycles. The molecule has 0 atom stereocenters. The second-order valence-corrected chi connectivity index (χ2v) is 6.13. The highest BCUT2D eigenvalue weighted by molar-refractivity contribution is 5.79. The van der Waals surface area contributed by atoms with Gasteiger partial charge in [0.15, 0.2) is 0 Å². The summed E-state index contributed by atoms with van der Waals surface area (Å²) in [5.74, 6) is 0.550. The van der Waals surface area contributed by atoms with Crippen LogP contribution in [0.4, 0.5) is 16.0 Å². The van der Waals surface area contributed by atoms with Crippen LogP contribution in [0.1, 0.15) is 11.1 Å². The van der Waals surface area contributed by atoms with Crippen LogP contribution in [-0.4, -0.2) is 9.55 Å². The molecule has 1 N–H and O–H groups in total. The van der Waals surface area contributed by atoms with Crippen molar-refractivity contribution < 1.29 is 4.39 Å². The van der Waals surface area contributed by atoms with Gasteiger partial charge >= 0.3 is 0 Å². The number of aromatic nitrogens is 2. The largest absolute Gasteiger partial charge is 0.326 e. The number of hydrogen-bond acceptors (Lipinski definition) is 2. The van der Waals surface area contributed by atoms with Crippen LogP contribution in [0.3, 0.4) is 0 Å². The Kier molecular flexibility index (Phi) is 3.94. The molecule has 124 valence electrons. The van der Waals surface area contributed by atoms with E-state index in [0.717, 1.165) is 28.2 Å². The Bertz CT molecular complexity index is 1020. The number of rotatable bonds is 4. The average Bonchev–Trinajstić information content (AvgIpc) is 2.94. The van der Waals surface area contributed by atoms with E-state index in [0.29, 0.717) is 6.54 Å². The molecular formula is C21H18FN3. The van der Waals surface area contributed by atoms with E-state index in [1.165, 1.54) is 17.7 Å². The van der Waals surface area contributed by atoms with Crippen LogP contribution in [0.2, 0.25) is 0 Å². The van der Waals surface area contributed by atoms with E-state index < -0.39 is 0 Å². The first kappa shape index (κ1) is 15.4. The Labute approximate surface area is 145 Å². The summed E-state index contributed by atoms with van der Waals surface area (Å²) >= 11 is 0. The van der Waals surface area contributed by atoms with Gasteiger partial charge in [0.25, 0.3) is 0 Å². The molecule has 1 heterocycles. The summed E-state index contributed by atoms with van der Waals surface area (Å²) in [5, 5.41) is 3.41. The number of fused-ring (bicyclic) bond motifs is 1. The molecule has 0 unspecified atom stereocenters. The van der Waals surface area contributed by atoms with Gasteiger partial charge in [-0.25, -0.2) is 9.37 Å². The van der Waals surface area contributed by atoms with Crippen molar-refractivity contribution in [3.63, 3.8) is 0 Å². The van der Waals surface area contributed by atoms with Crippen molar-refractivity contribution in [1.82, 2.24) is 9.55 Å². The molecule has 25 heavy (non-hydrogen) atoms. The van der Waals surface area contributed by atoms with Crippen LogP contribution >= 0.6 is 0 Å². The third-order valence-corrected chi connectivity index (χ3v) is 4.18. The zero-order valence-corrected chi connectivity index (χ0v) is 13.9. The second kappa shape index (κ2) is 6.40. The number of nitrogens with zero attached hydrogens (tertiary/aromatic N) is 2. The van der Waals surface area contributed by atoms with Gasteiger partial charge in [-0.1, -0.05) is 36.4 Å². The highest BCUT2D eigenvalue weighted by Gasteiger charge is 2.11. The third-order valence-electron chi connectivity index (χ3n) is 4.18. The number of para-hydroxylation sites is 2. The molecule has 0 fully saturated rings. The van der Waals surface area contributed by atoms with Gasteiger partial charge in [0.05, 0.1) is 17.6 Å². The molecule has 4 heteroatoms. The lowest BCUT2D eigenvalue weighted by Gasteiger charge is -2.11. The van der Waals surface area contributed by atoms with Crippen LogP contribution in [0.25, 0.3) is 11.0 Å². The van der Waals surface area contributed by atoms with Gasteiger partial charge in [-0.3, -0.25) is 0 Å². The van der Waals surface area contributed by atoms with E-state index >= 15 is 0 Å². The number of nitrogens with one attached hydrogen (secondary N) is 1. The van der Waals surface area contributed by atoms with Gasteiger partial charge in [0.1, 0.15) is 5.82 Å². The zero-order valence-electron chi connectivity index (χ0n) is 13.9. The summed E-state index contributed by atoms with van der Waals surface area (Å²) in [6.45, 7) is 2.68. The summed E-state index contributed by atoms with van der Waals surface area (Å²) in [6, 6.07) is 22.8. The van der Waals surface area contributed by atoms with Crippen LogP contribution in [0.5, 0.6) is 0 Å². The molecule has 1 aromatic heterocycles. The Morgan fingerprint density at radius 3 is 2.56 bits per heavy atom. The van der Waals surface area contributed by atoms with Crippen molar-refractivity contribution >= 4 is 22.7 Å². The van der Waals surface area contributed by atoms with E-state index in [2.05, 4.69) is 28.9 Å². The number of halogens is 1. The third kappa shape index (κ3) is 3.24. The Morgan fingerprint density at radius 1 is 0.960 bits per heavy atom. The van der Waals surface area contributed by atoms with Crippen molar-refractivity contribution in [3.8, 4) is 0 Å². The summed E-state index contributed by atoms with van der Waals surface area (Å²) in [6.07, 6.45) is 0. The predicted octanol–water partition coefficient (Wildman–Crippen LogP) is 5.28. The maximum atomic E-state index is 13.2. The van der Waals surface area contributed by atoms with Crippen LogP contribution in [0, 0.1) is 12.7 Å². The second-order valence-electron chi connectivity index (χ2n) is 6.13. The van der Waals surface area contributed by atoms with E-state index in [4.69, 9.17) is 4.98 Å². The minimum absolute atomic E-state index is 0.225. The molecular weight excluding hydrogens is 313 g/mol. The Balaban J connectivity index is 1.76. The molecule has 4 aromatic rings. The predicted molar refractivity (Wildman–Crippen MR) is 99.7 cm³/mol. The SMILES string of the molecule is Cc1cccc(Nc2nc3ccccc3n2Cc2ccc(F)cc2)c1. The molecule has 0 aliphatic carbocycles. The highest BCUT2D eigenvalue weighted by Crippen LogP contribution is 2.24. The first-order valence-electron chi connectivity index (χ1n) is 8.22. The number of imidazole rings is 1. The molecule has 0 aliphatic rings. The standard InChI is InChI=1S/C21H18FN3/c1-15-5-4-6-18(13-15)23-21-24-19-7-2-3-8-20(19)25(21)14-16-9-11-17(22)12-10-16/h2-13H,14H2,1H3,(H,23,24). The van der Waals surface area contributed by atoms with Crippen LogP contribution in [0.15, 0.2) is 72.8 Å². The number of anilines is 2. The topological polar surface area (TPSA) is 29.9 Å². The van der Waals surface area contributed by atoms with Gasteiger partial charge in [0.2, 0.25) is 5.95 Å². The summed E-state index contributed by atoms with van der Waals surface area (Å²) < 4.78 is 15.3. The number of aryl methyl sites for hydroxylation is 1. The minimum Gasteiger partial charge on any atom is -0.326 e. The van der Waals surface area contributed by atoms with Crippen LogP contribution < -0.4 is 5.32 Å². The maximum absolute atomic E-state index is 13.2. The van der Waals surface area contributed by atoms with Crippen molar-refractivity contribution in [2.75, 3.05) is 5.32 Å². The average molecular weight is 331 g/mol. The van der Waals surface area contributed by atoms with Crippen molar-refractivity contribution in [3.05, 3.63) is 89.7 Å². The lowest BCUT2D eigenvalue weighted by Crippen LogP contribution is -2.05.